The van der Waals surface area contributed by atoms with Crippen LogP contribution in [0.3, 0.4) is 0 Å². The quantitative estimate of drug-likeness (QED) is 0.571. The van der Waals surface area contributed by atoms with E-state index in [0.717, 1.165) is 25.8 Å². The standard InChI is InChI=1S/C13H20N2O3/c1-4-8-14-12(16)10(2)15-9-6-5-7-11(15)13(17)18-3/h1,10-11H,5-9H2,2-3H3,(H,14,16)/t10?,11-/m1/s1. The third-order valence-electron chi connectivity index (χ3n) is 3.26. The summed E-state index contributed by atoms with van der Waals surface area (Å²) in [7, 11) is 1.37. The molecule has 1 saturated heterocycles. The molecule has 1 unspecified atom stereocenters. The summed E-state index contributed by atoms with van der Waals surface area (Å²) in [5.41, 5.74) is 0. The molecule has 0 aromatic heterocycles. The second kappa shape index (κ2) is 7.02. The Labute approximate surface area is 108 Å². The van der Waals surface area contributed by atoms with E-state index in [2.05, 4.69) is 11.2 Å². The Morgan fingerprint density at radius 2 is 2.28 bits per heavy atom. The van der Waals surface area contributed by atoms with Crippen molar-refractivity contribution in [1.29, 1.82) is 0 Å². The van der Waals surface area contributed by atoms with E-state index >= 15 is 0 Å². The number of nitrogens with one attached hydrogen (secondary N) is 1. The van der Waals surface area contributed by atoms with Gasteiger partial charge in [-0.1, -0.05) is 12.3 Å². The summed E-state index contributed by atoms with van der Waals surface area (Å²) in [6.45, 7) is 2.72. The van der Waals surface area contributed by atoms with Gasteiger partial charge in [-0.3, -0.25) is 14.5 Å². The molecule has 1 amide bonds. The molecule has 0 aromatic carbocycles. The van der Waals surface area contributed by atoms with Crippen LogP contribution in [0.1, 0.15) is 26.2 Å². The maximum Gasteiger partial charge on any atom is 0.323 e. The monoisotopic (exact) mass is 252 g/mol. The second-order valence-electron chi connectivity index (χ2n) is 4.37. The van der Waals surface area contributed by atoms with Gasteiger partial charge in [-0.25, -0.2) is 0 Å². The predicted molar refractivity (Wildman–Crippen MR) is 67.7 cm³/mol. The van der Waals surface area contributed by atoms with E-state index in [1.54, 1.807) is 6.92 Å². The highest BCUT2D eigenvalue weighted by Crippen LogP contribution is 2.20. The summed E-state index contributed by atoms with van der Waals surface area (Å²) in [5.74, 6) is 1.94. The number of ether oxygens (including phenoxy) is 1. The number of carbonyl (C=O) groups excluding carboxylic acids is 2. The number of hydrogen-bond donors (Lipinski definition) is 1. The summed E-state index contributed by atoms with van der Waals surface area (Å²) < 4.78 is 4.79. The fourth-order valence-corrected chi connectivity index (χ4v) is 2.24. The minimum Gasteiger partial charge on any atom is -0.468 e. The van der Waals surface area contributed by atoms with Crippen molar-refractivity contribution in [2.24, 2.45) is 0 Å². The minimum atomic E-state index is -0.372. The van der Waals surface area contributed by atoms with Gasteiger partial charge in [-0.05, 0) is 26.3 Å². The molecule has 0 aromatic rings. The van der Waals surface area contributed by atoms with Crippen molar-refractivity contribution in [3.05, 3.63) is 0 Å². The summed E-state index contributed by atoms with van der Waals surface area (Å²) >= 11 is 0. The number of nitrogens with zero attached hydrogens (tertiary/aromatic N) is 1. The van der Waals surface area contributed by atoms with Crippen LogP contribution in [-0.2, 0) is 14.3 Å². The molecule has 0 radical (unpaired) electrons. The first-order chi connectivity index (χ1) is 8.61. The van der Waals surface area contributed by atoms with Crippen molar-refractivity contribution in [2.75, 3.05) is 20.2 Å². The van der Waals surface area contributed by atoms with Crippen LogP contribution in [-0.4, -0.2) is 49.1 Å². The SMILES string of the molecule is C#CCNC(=O)C(C)N1CCCC[C@@H]1C(=O)OC. The van der Waals surface area contributed by atoms with Crippen molar-refractivity contribution in [3.63, 3.8) is 0 Å². The van der Waals surface area contributed by atoms with E-state index in [0.29, 0.717) is 0 Å². The summed E-state index contributed by atoms with van der Waals surface area (Å²) in [5, 5.41) is 2.64. The van der Waals surface area contributed by atoms with Crippen LogP contribution in [0.15, 0.2) is 0 Å². The zero-order chi connectivity index (χ0) is 13.5. The number of methoxy groups -OCH3 is 1. The molecule has 1 heterocycles. The van der Waals surface area contributed by atoms with Gasteiger partial charge in [0, 0.05) is 0 Å². The van der Waals surface area contributed by atoms with Gasteiger partial charge in [0.25, 0.3) is 0 Å². The summed E-state index contributed by atoms with van der Waals surface area (Å²) in [6.07, 6.45) is 7.80. The molecule has 1 aliphatic rings. The van der Waals surface area contributed by atoms with Gasteiger partial charge >= 0.3 is 5.97 Å². The molecule has 0 aliphatic carbocycles. The maximum atomic E-state index is 11.9. The molecule has 18 heavy (non-hydrogen) atoms. The van der Waals surface area contributed by atoms with Gasteiger partial charge in [-0.15, -0.1) is 6.42 Å². The molecule has 0 spiro atoms. The minimum absolute atomic E-state index is 0.149. The molecule has 100 valence electrons. The number of likely N-dealkylation sites (tertiary alicyclic amines) is 1. The van der Waals surface area contributed by atoms with Crippen LogP contribution in [0, 0.1) is 12.3 Å². The summed E-state index contributed by atoms with van der Waals surface area (Å²) in [4.78, 5) is 25.4. The third-order valence-corrected chi connectivity index (χ3v) is 3.26. The Balaban J connectivity index is 2.68. The molecule has 1 N–H and O–H groups in total. The van der Waals surface area contributed by atoms with E-state index in [1.165, 1.54) is 7.11 Å². The molecule has 1 fully saturated rings. The Morgan fingerprint density at radius 1 is 1.56 bits per heavy atom. The van der Waals surface area contributed by atoms with Gasteiger partial charge in [0.2, 0.25) is 5.91 Å². The summed E-state index contributed by atoms with van der Waals surface area (Å²) in [6, 6.07) is -0.696. The first-order valence-electron chi connectivity index (χ1n) is 6.16. The Bertz CT molecular complexity index is 349. The van der Waals surface area contributed by atoms with Crippen LogP contribution >= 0.6 is 0 Å². The zero-order valence-electron chi connectivity index (χ0n) is 10.9. The Hall–Kier alpha value is -1.54. The van der Waals surface area contributed by atoms with E-state index in [-0.39, 0.29) is 30.5 Å². The molecule has 5 nitrogen and oxygen atoms in total. The number of esters is 1. The molecule has 1 aliphatic heterocycles. The van der Waals surface area contributed by atoms with E-state index in [9.17, 15) is 9.59 Å². The van der Waals surface area contributed by atoms with Crippen molar-refractivity contribution in [3.8, 4) is 12.3 Å². The Kier molecular flexibility index (Phi) is 5.66. The lowest BCUT2D eigenvalue weighted by molar-refractivity contribution is -0.150. The number of rotatable bonds is 4. The second-order valence-corrected chi connectivity index (χ2v) is 4.37. The molecule has 1 rings (SSSR count). The average Bonchev–Trinajstić information content (AvgIpc) is 2.43. The van der Waals surface area contributed by atoms with Gasteiger partial charge in [0.15, 0.2) is 0 Å². The molecular formula is C13H20N2O3. The van der Waals surface area contributed by atoms with Crippen LogP contribution in [0.2, 0.25) is 0 Å². The normalized spacial score (nSPS) is 21.7. The fraction of sp³-hybridized carbons (Fsp3) is 0.692. The Morgan fingerprint density at radius 3 is 2.89 bits per heavy atom. The van der Waals surface area contributed by atoms with E-state index in [4.69, 9.17) is 11.2 Å². The molecule has 2 atom stereocenters. The first kappa shape index (κ1) is 14.5. The van der Waals surface area contributed by atoms with Crippen LogP contribution < -0.4 is 5.32 Å². The third kappa shape index (κ3) is 3.47. The lowest BCUT2D eigenvalue weighted by atomic mass is 10.00. The number of amides is 1. The van der Waals surface area contributed by atoms with E-state index in [1.807, 2.05) is 4.90 Å². The van der Waals surface area contributed by atoms with E-state index < -0.39 is 0 Å². The largest absolute Gasteiger partial charge is 0.468 e. The number of terminal acetylenes is 1. The lowest BCUT2D eigenvalue weighted by Gasteiger charge is -2.37. The van der Waals surface area contributed by atoms with Gasteiger partial charge in [0.05, 0.1) is 19.7 Å². The highest BCUT2D eigenvalue weighted by Gasteiger charge is 2.34. The smallest absolute Gasteiger partial charge is 0.323 e. The van der Waals surface area contributed by atoms with Gasteiger partial charge in [-0.2, -0.15) is 0 Å². The fourth-order valence-electron chi connectivity index (χ4n) is 2.24. The van der Waals surface area contributed by atoms with Crippen LogP contribution in [0.5, 0.6) is 0 Å². The van der Waals surface area contributed by atoms with Gasteiger partial charge in [0.1, 0.15) is 6.04 Å². The molecular weight excluding hydrogens is 232 g/mol. The zero-order valence-corrected chi connectivity index (χ0v) is 10.9. The number of hydrogen-bond acceptors (Lipinski definition) is 4. The number of piperidine rings is 1. The van der Waals surface area contributed by atoms with Gasteiger partial charge < -0.3 is 10.1 Å². The molecule has 0 bridgehead atoms. The van der Waals surface area contributed by atoms with Crippen LogP contribution in [0.25, 0.3) is 0 Å². The van der Waals surface area contributed by atoms with Crippen molar-refractivity contribution >= 4 is 11.9 Å². The number of carbonyl (C=O) groups is 2. The predicted octanol–water partition coefficient (Wildman–Crippen LogP) is 0.152. The average molecular weight is 252 g/mol. The molecule has 5 heteroatoms. The molecule has 0 saturated carbocycles. The topological polar surface area (TPSA) is 58.6 Å². The van der Waals surface area contributed by atoms with Crippen molar-refractivity contribution < 1.29 is 14.3 Å². The maximum absolute atomic E-state index is 11.9. The highest BCUT2D eigenvalue weighted by atomic mass is 16.5. The lowest BCUT2D eigenvalue weighted by Crippen LogP contribution is -2.54. The van der Waals surface area contributed by atoms with Crippen molar-refractivity contribution in [2.45, 2.75) is 38.3 Å². The first-order valence-corrected chi connectivity index (χ1v) is 6.16. The van der Waals surface area contributed by atoms with Crippen LogP contribution in [0.4, 0.5) is 0 Å². The van der Waals surface area contributed by atoms with Crippen molar-refractivity contribution in [1.82, 2.24) is 10.2 Å². The highest BCUT2D eigenvalue weighted by molar-refractivity contribution is 5.83.